The maximum absolute atomic E-state index is 11.5. The summed E-state index contributed by atoms with van der Waals surface area (Å²) < 4.78 is 10.5. The second kappa shape index (κ2) is 5.05. The molecule has 1 unspecified atom stereocenters. The molecule has 0 radical (unpaired) electrons. The average Bonchev–Trinajstić information content (AvgIpc) is 2.82. The lowest BCUT2D eigenvalue weighted by Crippen LogP contribution is -2.32. The van der Waals surface area contributed by atoms with Crippen LogP contribution in [0.3, 0.4) is 0 Å². The lowest BCUT2D eigenvalue weighted by molar-refractivity contribution is -0.124. The molecule has 5 nitrogen and oxygen atoms in total. The number of ether oxygens (including phenoxy) is 2. The molecule has 0 bridgehead atoms. The number of nitrogens with one attached hydrogen (secondary N) is 1. The van der Waals surface area contributed by atoms with E-state index >= 15 is 0 Å². The van der Waals surface area contributed by atoms with E-state index in [1.165, 1.54) is 0 Å². The third kappa shape index (κ3) is 2.68. The van der Waals surface area contributed by atoms with E-state index in [0.717, 1.165) is 17.1 Å². The van der Waals surface area contributed by atoms with Gasteiger partial charge in [-0.3, -0.25) is 4.79 Å². The molecule has 0 spiro atoms. The topological polar surface area (TPSA) is 73.6 Å². The summed E-state index contributed by atoms with van der Waals surface area (Å²) in [6, 6.07) is 5.62. The number of benzene rings is 1. The number of carbonyl (C=O) groups excluding carboxylic acids is 1. The SMILES string of the molecule is CC(CN)C(=O)NCc1ccc2c(c1)OCO2. The van der Waals surface area contributed by atoms with Crippen LogP contribution in [0.5, 0.6) is 11.5 Å². The van der Waals surface area contributed by atoms with Crippen LogP contribution < -0.4 is 20.5 Å². The normalized spacial score (nSPS) is 14.5. The highest BCUT2D eigenvalue weighted by Crippen LogP contribution is 2.32. The van der Waals surface area contributed by atoms with Crippen LogP contribution in [-0.2, 0) is 11.3 Å². The van der Waals surface area contributed by atoms with Crippen LogP contribution in [0.2, 0.25) is 0 Å². The Balaban J connectivity index is 1.93. The lowest BCUT2D eigenvalue weighted by Gasteiger charge is -2.10. The van der Waals surface area contributed by atoms with E-state index in [1.807, 2.05) is 18.2 Å². The highest BCUT2D eigenvalue weighted by molar-refractivity contribution is 5.78. The summed E-state index contributed by atoms with van der Waals surface area (Å²) in [5, 5.41) is 2.83. The van der Waals surface area contributed by atoms with E-state index in [9.17, 15) is 4.79 Å². The van der Waals surface area contributed by atoms with Crippen LogP contribution in [0.25, 0.3) is 0 Å². The number of fused-ring (bicyclic) bond motifs is 1. The maximum atomic E-state index is 11.5. The molecule has 1 heterocycles. The van der Waals surface area contributed by atoms with Gasteiger partial charge in [0.25, 0.3) is 0 Å². The maximum Gasteiger partial charge on any atom is 0.231 e. The molecule has 1 aliphatic heterocycles. The van der Waals surface area contributed by atoms with E-state index in [0.29, 0.717) is 13.1 Å². The molecule has 0 aromatic heterocycles. The second-order valence-electron chi connectivity index (χ2n) is 4.04. The molecule has 0 saturated carbocycles. The number of amides is 1. The van der Waals surface area contributed by atoms with Crippen LogP contribution in [0.4, 0.5) is 0 Å². The van der Waals surface area contributed by atoms with Gasteiger partial charge in [-0.05, 0) is 17.7 Å². The molecular formula is C12H16N2O3. The van der Waals surface area contributed by atoms with Crippen molar-refractivity contribution >= 4 is 5.91 Å². The van der Waals surface area contributed by atoms with Crippen LogP contribution in [0, 0.1) is 5.92 Å². The number of hydrogen-bond donors (Lipinski definition) is 2. The van der Waals surface area contributed by atoms with Gasteiger partial charge in [0.2, 0.25) is 12.7 Å². The summed E-state index contributed by atoms with van der Waals surface area (Å²) in [5.41, 5.74) is 6.40. The molecule has 1 aromatic carbocycles. The summed E-state index contributed by atoms with van der Waals surface area (Å²) in [5.74, 6) is 1.27. The van der Waals surface area contributed by atoms with Crippen LogP contribution in [-0.4, -0.2) is 19.2 Å². The van der Waals surface area contributed by atoms with Crippen molar-refractivity contribution in [2.45, 2.75) is 13.5 Å². The predicted molar refractivity (Wildman–Crippen MR) is 62.6 cm³/mol. The third-order valence-corrected chi connectivity index (χ3v) is 2.70. The van der Waals surface area contributed by atoms with Crippen molar-refractivity contribution in [3.8, 4) is 11.5 Å². The molecule has 0 fully saturated rings. The quantitative estimate of drug-likeness (QED) is 0.804. The van der Waals surface area contributed by atoms with Gasteiger partial charge in [-0.25, -0.2) is 0 Å². The van der Waals surface area contributed by atoms with Gasteiger partial charge in [0.1, 0.15) is 0 Å². The first-order chi connectivity index (χ1) is 8.20. The van der Waals surface area contributed by atoms with Gasteiger partial charge in [-0.1, -0.05) is 13.0 Å². The fourth-order valence-corrected chi connectivity index (χ4v) is 1.52. The first kappa shape index (κ1) is 11.7. The number of hydrogen-bond acceptors (Lipinski definition) is 4. The highest BCUT2D eigenvalue weighted by atomic mass is 16.7. The van der Waals surface area contributed by atoms with Crippen LogP contribution in [0.15, 0.2) is 18.2 Å². The first-order valence-corrected chi connectivity index (χ1v) is 5.57. The van der Waals surface area contributed by atoms with Crippen molar-refractivity contribution < 1.29 is 14.3 Å². The largest absolute Gasteiger partial charge is 0.454 e. The van der Waals surface area contributed by atoms with Gasteiger partial charge in [0.15, 0.2) is 11.5 Å². The average molecular weight is 236 g/mol. The van der Waals surface area contributed by atoms with Gasteiger partial charge in [-0.2, -0.15) is 0 Å². The molecule has 2 rings (SSSR count). The zero-order valence-corrected chi connectivity index (χ0v) is 9.73. The van der Waals surface area contributed by atoms with Crippen molar-refractivity contribution in [2.24, 2.45) is 11.7 Å². The summed E-state index contributed by atoms with van der Waals surface area (Å²) in [6.07, 6.45) is 0. The minimum Gasteiger partial charge on any atom is -0.454 e. The molecule has 17 heavy (non-hydrogen) atoms. The fraction of sp³-hybridized carbons (Fsp3) is 0.417. The van der Waals surface area contributed by atoms with Crippen molar-refractivity contribution in [1.29, 1.82) is 0 Å². The monoisotopic (exact) mass is 236 g/mol. The Morgan fingerprint density at radius 1 is 1.47 bits per heavy atom. The Hall–Kier alpha value is -1.75. The van der Waals surface area contributed by atoms with Crippen molar-refractivity contribution in [3.05, 3.63) is 23.8 Å². The molecule has 0 saturated heterocycles. The summed E-state index contributed by atoms with van der Waals surface area (Å²) in [4.78, 5) is 11.5. The molecule has 0 aliphatic carbocycles. The van der Waals surface area contributed by atoms with E-state index in [2.05, 4.69) is 5.32 Å². The minimum atomic E-state index is -0.163. The standard InChI is InChI=1S/C12H16N2O3/c1-8(5-13)12(15)14-6-9-2-3-10-11(4-9)17-7-16-10/h2-4,8H,5-7,13H2,1H3,(H,14,15). The summed E-state index contributed by atoms with van der Waals surface area (Å²) >= 11 is 0. The van der Waals surface area contributed by atoms with E-state index in [4.69, 9.17) is 15.2 Å². The molecular weight excluding hydrogens is 220 g/mol. The summed E-state index contributed by atoms with van der Waals surface area (Å²) in [6.45, 7) is 2.89. The number of rotatable bonds is 4. The molecule has 1 aromatic rings. The molecule has 3 N–H and O–H groups in total. The Labute approximate surface area is 99.9 Å². The molecule has 1 amide bonds. The first-order valence-electron chi connectivity index (χ1n) is 5.57. The minimum absolute atomic E-state index is 0.0369. The smallest absolute Gasteiger partial charge is 0.231 e. The van der Waals surface area contributed by atoms with Gasteiger partial charge in [0.05, 0.1) is 0 Å². The molecule has 1 aliphatic rings. The van der Waals surface area contributed by atoms with E-state index < -0.39 is 0 Å². The van der Waals surface area contributed by atoms with Crippen LogP contribution in [0.1, 0.15) is 12.5 Å². The highest BCUT2D eigenvalue weighted by Gasteiger charge is 2.14. The van der Waals surface area contributed by atoms with Crippen LogP contribution >= 0.6 is 0 Å². The Kier molecular flexibility index (Phi) is 3.49. The predicted octanol–water partition coefficient (Wildman–Crippen LogP) is 0.626. The van der Waals surface area contributed by atoms with E-state index in [1.54, 1.807) is 6.92 Å². The second-order valence-corrected chi connectivity index (χ2v) is 4.04. The fourth-order valence-electron chi connectivity index (χ4n) is 1.52. The molecule has 1 atom stereocenters. The van der Waals surface area contributed by atoms with Crippen molar-refractivity contribution in [3.63, 3.8) is 0 Å². The Morgan fingerprint density at radius 2 is 2.24 bits per heavy atom. The zero-order chi connectivity index (χ0) is 12.3. The number of carbonyl (C=O) groups is 1. The molecule has 5 heteroatoms. The van der Waals surface area contributed by atoms with Gasteiger partial charge in [0, 0.05) is 19.0 Å². The van der Waals surface area contributed by atoms with Crippen molar-refractivity contribution in [1.82, 2.24) is 5.32 Å². The van der Waals surface area contributed by atoms with E-state index in [-0.39, 0.29) is 18.6 Å². The van der Waals surface area contributed by atoms with Gasteiger partial charge >= 0.3 is 0 Å². The Morgan fingerprint density at radius 3 is 3.00 bits per heavy atom. The van der Waals surface area contributed by atoms with Gasteiger partial charge in [-0.15, -0.1) is 0 Å². The number of nitrogens with two attached hydrogens (primary N) is 1. The third-order valence-electron chi connectivity index (χ3n) is 2.70. The van der Waals surface area contributed by atoms with Gasteiger partial charge < -0.3 is 20.5 Å². The lowest BCUT2D eigenvalue weighted by atomic mass is 10.1. The molecule has 92 valence electrons. The zero-order valence-electron chi connectivity index (χ0n) is 9.73. The summed E-state index contributed by atoms with van der Waals surface area (Å²) in [7, 11) is 0. The Bertz CT molecular complexity index is 420. The van der Waals surface area contributed by atoms with Crippen molar-refractivity contribution in [2.75, 3.05) is 13.3 Å².